The van der Waals surface area contributed by atoms with E-state index in [1.807, 2.05) is 13.0 Å². The van der Waals surface area contributed by atoms with Gasteiger partial charge in [0.15, 0.2) is 11.5 Å². The number of hydrogen-bond donors (Lipinski definition) is 0. The second-order valence-electron chi connectivity index (χ2n) is 6.63. The van der Waals surface area contributed by atoms with E-state index in [0.29, 0.717) is 48.3 Å². The van der Waals surface area contributed by atoms with Crippen LogP contribution in [0.25, 0.3) is 11.4 Å². The number of hydrogen-bond acceptors (Lipinski definition) is 6. The molecule has 0 aliphatic heterocycles. The highest BCUT2D eigenvalue weighted by atomic mass is 19.1. The maximum Gasteiger partial charge on any atom is 0.253 e. The van der Waals surface area contributed by atoms with Crippen LogP contribution in [0.2, 0.25) is 0 Å². The van der Waals surface area contributed by atoms with Crippen molar-refractivity contribution in [1.29, 1.82) is 0 Å². The van der Waals surface area contributed by atoms with Crippen LogP contribution in [0.5, 0.6) is 11.5 Å². The van der Waals surface area contributed by atoms with Gasteiger partial charge in [-0.15, -0.1) is 0 Å². The third-order valence-corrected chi connectivity index (χ3v) is 4.56. The molecule has 0 atom stereocenters. The van der Waals surface area contributed by atoms with E-state index in [1.54, 1.807) is 37.3 Å². The molecular weight excluding hydrogens is 389 g/mol. The molecule has 8 heteroatoms. The summed E-state index contributed by atoms with van der Waals surface area (Å²) in [5.41, 5.74) is 1.05. The maximum atomic E-state index is 13.5. The van der Waals surface area contributed by atoms with Gasteiger partial charge in [0, 0.05) is 30.6 Å². The Hall–Kier alpha value is -3.42. The Kier molecular flexibility index (Phi) is 7.00. The van der Waals surface area contributed by atoms with Gasteiger partial charge in [0.05, 0.1) is 14.2 Å². The van der Waals surface area contributed by atoms with Crippen molar-refractivity contribution in [3.8, 4) is 22.9 Å². The zero-order valence-electron chi connectivity index (χ0n) is 17.2. The molecule has 0 fully saturated rings. The highest BCUT2D eigenvalue weighted by Crippen LogP contribution is 2.31. The quantitative estimate of drug-likeness (QED) is 0.528. The lowest BCUT2D eigenvalue weighted by Gasteiger charge is -2.21. The summed E-state index contributed by atoms with van der Waals surface area (Å²) in [6.45, 7) is 2.91. The number of rotatable bonds is 9. The van der Waals surface area contributed by atoms with Gasteiger partial charge in [0.2, 0.25) is 11.7 Å². The fourth-order valence-electron chi connectivity index (χ4n) is 3.07. The van der Waals surface area contributed by atoms with Crippen molar-refractivity contribution in [2.24, 2.45) is 0 Å². The molecule has 0 aliphatic rings. The average molecular weight is 413 g/mol. The third kappa shape index (κ3) is 4.94. The third-order valence-electron chi connectivity index (χ3n) is 4.56. The molecule has 0 radical (unpaired) electrons. The van der Waals surface area contributed by atoms with Crippen LogP contribution in [0.3, 0.4) is 0 Å². The van der Waals surface area contributed by atoms with E-state index >= 15 is 0 Å². The minimum absolute atomic E-state index is 0.226. The Morgan fingerprint density at radius 1 is 1.10 bits per heavy atom. The second kappa shape index (κ2) is 9.87. The lowest BCUT2D eigenvalue weighted by molar-refractivity contribution is 0.0753. The topological polar surface area (TPSA) is 77.7 Å². The van der Waals surface area contributed by atoms with Crippen LogP contribution in [-0.2, 0) is 6.42 Å². The predicted octanol–water partition coefficient (Wildman–Crippen LogP) is 3.99. The van der Waals surface area contributed by atoms with Gasteiger partial charge in [-0.05, 0) is 42.8 Å². The summed E-state index contributed by atoms with van der Waals surface area (Å²) in [4.78, 5) is 18.8. The van der Waals surface area contributed by atoms with E-state index in [9.17, 15) is 9.18 Å². The molecule has 0 N–H and O–H groups in total. The molecule has 0 bridgehead atoms. The standard InChI is InChI=1S/C22H24FN3O4/c1-4-11-26(22(27)16-6-5-7-17(23)13-16)12-10-20-24-21(25-30-20)15-8-9-18(28-2)19(14-15)29-3/h5-9,13-14H,4,10-12H2,1-3H3. The molecule has 2 aromatic carbocycles. The predicted molar refractivity (Wildman–Crippen MR) is 109 cm³/mol. The van der Waals surface area contributed by atoms with Gasteiger partial charge in [0.1, 0.15) is 5.82 Å². The maximum absolute atomic E-state index is 13.5. The number of halogens is 1. The fourth-order valence-corrected chi connectivity index (χ4v) is 3.07. The Morgan fingerprint density at radius 2 is 1.90 bits per heavy atom. The number of ether oxygens (including phenoxy) is 2. The van der Waals surface area contributed by atoms with Gasteiger partial charge in [0.25, 0.3) is 5.91 Å². The van der Waals surface area contributed by atoms with Crippen molar-refractivity contribution >= 4 is 5.91 Å². The number of benzene rings is 2. The zero-order chi connectivity index (χ0) is 21.5. The second-order valence-corrected chi connectivity index (χ2v) is 6.63. The Morgan fingerprint density at radius 3 is 2.60 bits per heavy atom. The van der Waals surface area contributed by atoms with E-state index in [2.05, 4.69) is 10.1 Å². The summed E-state index contributed by atoms with van der Waals surface area (Å²) < 4.78 is 29.4. The Labute approximate surface area is 174 Å². The van der Waals surface area contributed by atoms with Gasteiger partial charge in [-0.25, -0.2) is 4.39 Å². The number of carbonyl (C=O) groups is 1. The first-order chi connectivity index (χ1) is 14.5. The minimum atomic E-state index is -0.436. The van der Waals surface area contributed by atoms with Crippen molar-refractivity contribution in [3.05, 3.63) is 59.7 Å². The minimum Gasteiger partial charge on any atom is -0.493 e. The molecule has 0 aliphatic carbocycles. The number of methoxy groups -OCH3 is 2. The van der Waals surface area contributed by atoms with E-state index in [4.69, 9.17) is 14.0 Å². The normalized spacial score (nSPS) is 10.7. The molecular formula is C22H24FN3O4. The molecule has 1 heterocycles. The van der Waals surface area contributed by atoms with Crippen LogP contribution in [0.1, 0.15) is 29.6 Å². The van der Waals surface area contributed by atoms with E-state index in [1.165, 1.54) is 18.2 Å². The molecule has 3 rings (SSSR count). The largest absolute Gasteiger partial charge is 0.493 e. The Bertz CT molecular complexity index is 1010. The molecule has 0 saturated carbocycles. The highest BCUT2D eigenvalue weighted by Gasteiger charge is 2.18. The molecule has 7 nitrogen and oxygen atoms in total. The summed E-state index contributed by atoms with van der Waals surface area (Å²) in [6.07, 6.45) is 1.17. The monoisotopic (exact) mass is 413 g/mol. The van der Waals surface area contributed by atoms with Crippen LogP contribution in [0.4, 0.5) is 4.39 Å². The van der Waals surface area contributed by atoms with E-state index in [-0.39, 0.29) is 5.91 Å². The van der Waals surface area contributed by atoms with Gasteiger partial charge >= 0.3 is 0 Å². The lowest BCUT2D eigenvalue weighted by Crippen LogP contribution is -2.33. The van der Waals surface area contributed by atoms with E-state index in [0.717, 1.165) is 12.0 Å². The first-order valence-electron chi connectivity index (χ1n) is 9.65. The number of amides is 1. The van der Waals surface area contributed by atoms with Crippen LogP contribution in [-0.4, -0.2) is 48.3 Å². The van der Waals surface area contributed by atoms with Crippen molar-refractivity contribution in [2.45, 2.75) is 19.8 Å². The molecule has 0 spiro atoms. The van der Waals surface area contributed by atoms with Gasteiger partial charge in [-0.2, -0.15) is 4.98 Å². The SMILES string of the molecule is CCCN(CCc1nc(-c2ccc(OC)c(OC)c2)no1)C(=O)c1cccc(F)c1. The van der Waals surface area contributed by atoms with Crippen molar-refractivity contribution in [1.82, 2.24) is 15.0 Å². The Balaban J connectivity index is 1.70. The van der Waals surface area contributed by atoms with Crippen molar-refractivity contribution in [3.63, 3.8) is 0 Å². The smallest absolute Gasteiger partial charge is 0.253 e. The van der Waals surface area contributed by atoms with Crippen LogP contribution in [0.15, 0.2) is 47.0 Å². The average Bonchev–Trinajstić information content (AvgIpc) is 3.24. The van der Waals surface area contributed by atoms with Crippen LogP contribution in [0, 0.1) is 5.82 Å². The summed E-state index contributed by atoms with van der Waals surface area (Å²) >= 11 is 0. The number of carbonyl (C=O) groups excluding carboxylic acids is 1. The summed E-state index contributed by atoms with van der Waals surface area (Å²) in [5.74, 6) is 1.34. The molecule has 0 saturated heterocycles. The van der Waals surface area contributed by atoms with E-state index < -0.39 is 5.82 Å². The molecule has 1 amide bonds. The molecule has 30 heavy (non-hydrogen) atoms. The zero-order valence-corrected chi connectivity index (χ0v) is 17.2. The lowest BCUT2D eigenvalue weighted by atomic mass is 10.2. The number of nitrogens with zero attached hydrogens (tertiary/aromatic N) is 3. The number of aromatic nitrogens is 2. The van der Waals surface area contributed by atoms with Crippen LogP contribution < -0.4 is 9.47 Å². The van der Waals surface area contributed by atoms with Gasteiger partial charge in [-0.3, -0.25) is 4.79 Å². The first kappa shape index (κ1) is 21.3. The summed E-state index contributed by atoms with van der Waals surface area (Å²) in [7, 11) is 3.12. The van der Waals surface area contributed by atoms with Gasteiger partial charge in [-0.1, -0.05) is 18.1 Å². The first-order valence-corrected chi connectivity index (χ1v) is 9.65. The summed E-state index contributed by atoms with van der Waals surface area (Å²) in [6, 6.07) is 11.0. The highest BCUT2D eigenvalue weighted by molar-refractivity contribution is 5.94. The molecule has 0 unspecified atom stereocenters. The van der Waals surface area contributed by atoms with Crippen molar-refractivity contribution in [2.75, 3.05) is 27.3 Å². The van der Waals surface area contributed by atoms with Gasteiger partial charge < -0.3 is 18.9 Å². The fraction of sp³-hybridized carbons (Fsp3) is 0.318. The molecule has 1 aromatic heterocycles. The van der Waals surface area contributed by atoms with Crippen LogP contribution >= 0.6 is 0 Å². The molecule has 3 aromatic rings. The van der Waals surface area contributed by atoms with Crippen molar-refractivity contribution < 1.29 is 23.2 Å². The molecule has 158 valence electrons. The summed E-state index contributed by atoms with van der Waals surface area (Å²) in [5, 5.41) is 4.02.